The molecule has 0 amide bonds. The van der Waals surface area contributed by atoms with Crippen LogP contribution in [0.5, 0.6) is 0 Å². The van der Waals surface area contributed by atoms with E-state index in [0.29, 0.717) is 24.5 Å². The van der Waals surface area contributed by atoms with E-state index in [1.165, 1.54) is 0 Å². The Balaban J connectivity index is 2.38. The van der Waals surface area contributed by atoms with Gasteiger partial charge in [0.25, 0.3) is 0 Å². The smallest absolute Gasteiger partial charge is 0.243 e. The molecule has 2 rings (SSSR count). The van der Waals surface area contributed by atoms with Crippen LogP contribution in [-0.2, 0) is 10.0 Å². The number of hydrogen-bond acceptors (Lipinski definition) is 4. The number of sulfonamides is 1. The van der Waals surface area contributed by atoms with Crippen LogP contribution in [0.4, 0.5) is 0 Å². The van der Waals surface area contributed by atoms with Crippen LogP contribution in [0.1, 0.15) is 11.1 Å². The molecule has 1 aromatic rings. The molecule has 2 N–H and O–H groups in total. The Hall–Kier alpha value is -0.950. The van der Waals surface area contributed by atoms with Gasteiger partial charge in [-0.3, -0.25) is 0 Å². The number of likely N-dealkylation sites (N-methyl/N-ethyl adjacent to an activating group) is 1. The van der Waals surface area contributed by atoms with E-state index >= 15 is 0 Å². The second-order valence-electron chi connectivity index (χ2n) is 5.59. The Kier molecular flexibility index (Phi) is 4.49. The molecule has 0 radical (unpaired) electrons. The van der Waals surface area contributed by atoms with Crippen molar-refractivity contribution >= 4 is 10.0 Å². The molecule has 1 aliphatic heterocycles. The number of benzene rings is 1. The largest absolute Gasteiger partial charge is 0.329 e. The van der Waals surface area contributed by atoms with Crippen LogP contribution in [0.25, 0.3) is 0 Å². The standard InChI is InChI=1S/C14H23N3O2S/c1-11-6-12(2)8-14(7-11)20(18,19)17-5-4-16(3)10-13(17)9-15/h6-8,13H,4-5,9-10,15H2,1-3H3. The van der Waals surface area contributed by atoms with E-state index in [4.69, 9.17) is 5.73 Å². The molecule has 0 bridgehead atoms. The molecule has 5 nitrogen and oxygen atoms in total. The zero-order valence-electron chi connectivity index (χ0n) is 12.3. The van der Waals surface area contributed by atoms with E-state index in [9.17, 15) is 8.42 Å². The van der Waals surface area contributed by atoms with E-state index in [0.717, 1.165) is 17.7 Å². The zero-order valence-corrected chi connectivity index (χ0v) is 13.2. The quantitative estimate of drug-likeness (QED) is 0.885. The molecule has 0 aliphatic carbocycles. The van der Waals surface area contributed by atoms with Gasteiger partial charge in [0.2, 0.25) is 10.0 Å². The summed E-state index contributed by atoms with van der Waals surface area (Å²) < 4.78 is 27.2. The summed E-state index contributed by atoms with van der Waals surface area (Å²) in [6.07, 6.45) is 0. The molecule has 1 aliphatic rings. The Bertz CT molecular complexity index is 566. The molecular formula is C14H23N3O2S. The number of hydrogen-bond donors (Lipinski definition) is 1. The molecule has 1 saturated heterocycles. The first kappa shape index (κ1) is 15.4. The van der Waals surface area contributed by atoms with Crippen molar-refractivity contribution in [3.8, 4) is 0 Å². The van der Waals surface area contributed by atoms with Crippen LogP contribution in [0.2, 0.25) is 0 Å². The molecule has 0 saturated carbocycles. The first-order chi connectivity index (χ1) is 9.34. The maximum Gasteiger partial charge on any atom is 0.243 e. The van der Waals surface area contributed by atoms with Crippen molar-refractivity contribution in [2.75, 3.05) is 33.2 Å². The van der Waals surface area contributed by atoms with E-state index in [1.807, 2.05) is 27.0 Å². The molecule has 1 aromatic carbocycles. The lowest BCUT2D eigenvalue weighted by Crippen LogP contribution is -2.56. The monoisotopic (exact) mass is 297 g/mol. The first-order valence-electron chi connectivity index (χ1n) is 6.83. The molecule has 1 fully saturated rings. The minimum Gasteiger partial charge on any atom is -0.329 e. The number of nitrogens with zero attached hydrogens (tertiary/aromatic N) is 2. The number of piperazine rings is 1. The predicted molar refractivity (Wildman–Crippen MR) is 80.1 cm³/mol. The summed E-state index contributed by atoms with van der Waals surface area (Å²) in [5, 5.41) is 0. The van der Waals surface area contributed by atoms with Gasteiger partial charge < -0.3 is 10.6 Å². The van der Waals surface area contributed by atoms with Crippen molar-refractivity contribution in [1.29, 1.82) is 0 Å². The summed E-state index contributed by atoms with van der Waals surface area (Å²) in [5.74, 6) is 0. The molecule has 1 atom stereocenters. The third-order valence-corrected chi connectivity index (χ3v) is 5.64. The van der Waals surface area contributed by atoms with Crippen LogP contribution >= 0.6 is 0 Å². The van der Waals surface area contributed by atoms with Gasteiger partial charge >= 0.3 is 0 Å². The maximum absolute atomic E-state index is 12.8. The Morgan fingerprint density at radius 2 is 1.80 bits per heavy atom. The van der Waals surface area contributed by atoms with Gasteiger partial charge in [-0.15, -0.1) is 0 Å². The van der Waals surface area contributed by atoms with Crippen LogP contribution < -0.4 is 5.73 Å². The maximum atomic E-state index is 12.8. The summed E-state index contributed by atoms with van der Waals surface area (Å²) in [6.45, 7) is 6.08. The van der Waals surface area contributed by atoms with E-state index in [-0.39, 0.29) is 6.04 Å². The summed E-state index contributed by atoms with van der Waals surface area (Å²) in [5.41, 5.74) is 7.68. The van der Waals surface area contributed by atoms with Crippen LogP contribution in [0, 0.1) is 13.8 Å². The van der Waals surface area contributed by atoms with Crippen molar-refractivity contribution in [3.05, 3.63) is 29.3 Å². The lowest BCUT2D eigenvalue weighted by atomic mass is 10.2. The van der Waals surface area contributed by atoms with E-state index < -0.39 is 10.0 Å². The van der Waals surface area contributed by atoms with Gasteiger partial charge in [0, 0.05) is 26.2 Å². The van der Waals surface area contributed by atoms with Crippen molar-refractivity contribution < 1.29 is 8.42 Å². The average Bonchev–Trinajstić information content (AvgIpc) is 2.37. The fraction of sp³-hybridized carbons (Fsp3) is 0.571. The van der Waals surface area contributed by atoms with Crippen LogP contribution in [0.15, 0.2) is 23.1 Å². The van der Waals surface area contributed by atoms with Crippen LogP contribution in [0.3, 0.4) is 0 Å². The third-order valence-electron chi connectivity index (χ3n) is 3.71. The highest BCUT2D eigenvalue weighted by Crippen LogP contribution is 2.22. The van der Waals surface area contributed by atoms with Gasteiger partial charge in [-0.2, -0.15) is 4.31 Å². The molecular weight excluding hydrogens is 274 g/mol. The van der Waals surface area contributed by atoms with Gasteiger partial charge in [-0.05, 0) is 44.2 Å². The van der Waals surface area contributed by atoms with Gasteiger partial charge in [0.1, 0.15) is 0 Å². The topological polar surface area (TPSA) is 66.6 Å². The van der Waals surface area contributed by atoms with Gasteiger partial charge in [0.05, 0.1) is 10.9 Å². The first-order valence-corrected chi connectivity index (χ1v) is 8.27. The SMILES string of the molecule is Cc1cc(C)cc(S(=O)(=O)N2CCN(C)CC2CN)c1. The van der Waals surface area contributed by atoms with E-state index in [1.54, 1.807) is 16.4 Å². The van der Waals surface area contributed by atoms with Crippen molar-refractivity contribution in [1.82, 2.24) is 9.21 Å². The summed E-state index contributed by atoms with van der Waals surface area (Å²) in [7, 11) is -1.48. The Morgan fingerprint density at radius 1 is 1.20 bits per heavy atom. The highest BCUT2D eigenvalue weighted by molar-refractivity contribution is 7.89. The second kappa shape index (κ2) is 5.81. The Morgan fingerprint density at radius 3 is 2.35 bits per heavy atom. The molecule has 6 heteroatoms. The van der Waals surface area contributed by atoms with Gasteiger partial charge in [0.15, 0.2) is 0 Å². The molecule has 20 heavy (non-hydrogen) atoms. The third kappa shape index (κ3) is 3.03. The second-order valence-corrected chi connectivity index (χ2v) is 7.48. The molecule has 1 unspecified atom stereocenters. The molecule has 112 valence electrons. The lowest BCUT2D eigenvalue weighted by molar-refractivity contribution is 0.164. The fourth-order valence-corrected chi connectivity index (χ4v) is 4.53. The summed E-state index contributed by atoms with van der Waals surface area (Å²) in [6, 6.07) is 5.28. The molecule has 0 aromatic heterocycles. The van der Waals surface area contributed by atoms with Gasteiger partial charge in [-0.1, -0.05) is 6.07 Å². The minimum absolute atomic E-state index is 0.153. The van der Waals surface area contributed by atoms with Gasteiger partial charge in [-0.25, -0.2) is 8.42 Å². The predicted octanol–water partition coefficient (Wildman–Crippen LogP) is 0.567. The summed E-state index contributed by atoms with van der Waals surface area (Å²) >= 11 is 0. The average molecular weight is 297 g/mol. The normalized spacial score (nSPS) is 22.1. The highest BCUT2D eigenvalue weighted by Gasteiger charge is 2.34. The number of rotatable bonds is 3. The Labute approximate surface area is 121 Å². The van der Waals surface area contributed by atoms with Crippen molar-refractivity contribution in [2.45, 2.75) is 24.8 Å². The fourth-order valence-electron chi connectivity index (χ4n) is 2.72. The zero-order chi connectivity index (χ0) is 14.9. The van der Waals surface area contributed by atoms with E-state index in [2.05, 4.69) is 4.90 Å². The van der Waals surface area contributed by atoms with Crippen molar-refractivity contribution in [3.63, 3.8) is 0 Å². The number of aryl methyl sites for hydroxylation is 2. The summed E-state index contributed by atoms with van der Waals surface area (Å²) in [4.78, 5) is 2.49. The molecule has 1 heterocycles. The van der Waals surface area contributed by atoms with Crippen LogP contribution in [-0.4, -0.2) is 56.9 Å². The van der Waals surface area contributed by atoms with Crippen molar-refractivity contribution in [2.24, 2.45) is 5.73 Å². The lowest BCUT2D eigenvalue weighted by Gasteiger charge is -2.38. The number of nitrogens with two attached hydrogens (primary N) is 1. The minimum atomic E-state index is -3.47. The highest BCUT2D eigenvalue weighted by atomic mass is 32.2. The molecule has 0 spiro atoms.